The van der Waals surface area contributed by atoms with E-state index in [0.717, 1.165) is 11.0 Å². The van der Waals surface area contributed by atoms with E-state index in [9.17, 15) is 0 Å². The maximum Gasteiger partial charge on any atom is 0.0994 e. The predicted octanol–water partition coefficient (Wildman–Crippen LogP) is 3.83. The van der Waals surface area contributed by atoms with E-state index in [-0.39, 0.29) is 5.54 Å². The predicted molar refractivity (Wildman–Crippen MR) is 82.6 cm³/mol. The third kappa shape index (κ3) is 3.67. The van der Waals surface area contributed by atoms with Crippen molar-refractivity contribution < 1.29 is 0 Å². The molecule has 0 atom stereocenters. The average Bonchev–Trinajstić information content (AvgIpc) is 2.73. The molecule has 0 unspecified atom stereocenters. The summed E-state index contributed by atoms with van der Waals surface area (Å²) in [4.78, 5) is 4.27. The maximum absolute atomic E-state index is 4.27. The molecule has 3 nitrogen and oxygen atoms in total. The number of nitrogens with one attached hydrogen (secondary N) is 1. The number of imidazole rings is 1. The Hall–Kier alpha value is -1.13. The van der Waals surface area contributed by atoms with Gasteiger partial charge < -0.3 is 9.88 Å². The van der Waals surface area contributed by atoms with Crippen molar-refractivity contribution in [3.05, 3.63) is 46.5 Å². The molecule has 0 bridgehead atoms. The normalized spacial score (nSPS) is 11.8. The lowest BCUT2D eigenvalue weighted by molar-refractivity contribution is 0.419. The third-order valence-corrected chi connectivity index (χ3v) is 3.43. The number of benzene rings is 1. The molecule has 102 valence electrons. The lowest BCUT2D eigenvalue weighted by Crippen LogP contribution is -2.35. The first-order chi connectivity index (χ1) is 8.87. The van der Waals surface area contributed by atoms with Crippen LogP contribution >= 0.6 is 15.9 Å². The number of rotatable bonds is 3. The van der Waals surface area contributed by atoms with Gasteiger partial charge in [0, 0.05) is 28.4 Å². The monoisotopic (exact) mass is 321 g/mol. The highest BCUT2D eigenvalue weighted by molar-refractivity contribution is 9.10. The van der Waals surface area contributed by atoms with E-state index < -0.39 is 0 Å². The molecule has 0 aliphatic heterocycles. The van der Waals surface area contributed by atoms with Gasteiger partial charge >= 0.3 is 0 Å². The third-order valence-electron chi connectivity index (χ3n) is 2.93. The van der Waals surface area contributed by atoms with Crippen LogP contribution < -0.4 is 5.32 Å². The quantitative estimate of drug-likeness (QED) is 0.931. The standard InChI is InChI=1S/C15H20BrN3/c1-11-7-12(16)5-6-14(11)19-10-17-8-13(19)9-18-15(2,3)4/h5-8,10,18H,9H2,1-4H3. The Kier molecular flexibility index (Phi) is 4.11. The van der Waals surface area contributed by atoms with Crippen LogP contribution in [-0.4, -0.2) is 15.1 Å². The van der Waals surface area contributed by atoms with Crippen LogP contribution in [0.25, 0.3) is 5.69 Å². The van der Waals surface area contributed by atoms with Gasteiger partial charge in [-0.15, -0.1) is 0 Å². The van der Waals surface area contributed by atoms with E-state index in [4.69, 9.17) is 0 Å². The summed E-state index contributed by atoms with van der Waals surface area (Å²) in [6.45, 7) is 9.41. The summed E-state index contributed by atoms with van der Waals surface area (Å²) >= 11 is 3.50. The van der Waals surface area contributed by atoms with Crippen LogP contribution in [0.15, 0.2) is 35.2 Å². The van der Waals surface area contributed by atoms with Gasteiger partial charge in [0.15, 0.2) is 0 Å². The summed E-state index contributed by atoms with van der Waals surface area (Å²) in [5.74, 6) is 0. The van der Waals surface area contributed by atoms with E-state index in [1.807, 2.05) is 12.5 Å². The zero-order valence-electron chi connectivity index (χ0n) is 11.9. The summed E-state index contributed by atoms with van der Waals surface area (Å²) < 4.78 is 3.24. The number of nitrogens with zero attached hydrogens (tertiary/aromatic N) is 2. The minimum Gasteiger partial charge on any atom is -0.306 e. The largest absolute Gasteiger partial charge is 0.306 e. The molecule has 1 aromatic heterocycles. The summed E-state index contributed by atoms with van der Waals surface area (Å²) in [7, 11) is 0. The van der Waals surface area contributed by atoms with Gasteiger partial charge in [0.1, 0.15) is 0 Å². The number of hydrogen-bond acceptors (Lipinski definition) is 2. The van der Waals surface area contributed by atoms with Crippen molar-refractivity contribution in [2.75, 3.05) is 0 Å². The first-order valence-corrected chi connectivity index (χ1v) is 7.19. The highest BCUT2D eigenvalue weighted by atomic mass is 79.9. The lowest BCUT2D eigenvalue weighted by Gasteiger charge is -2.21. The van der Waals surface area contributed by atoms with Gasteiger partial charge in [-0.25, -0.2) is 4.98 Å². The van der Waals surface area contributed by atoms with Gasteiger partial charge in [0.05, 0.1) is 12.0 Å². The van der Waals surface area contributed by atoms with Gasteiger partial charge in [-0.3, -0.25) is 0 Å². The number of halogens is 1. The maximum atomic E-state index is 4.27. The Balaban J connectivity index is 2.28. The second kappa shape index (κ2) is 5.47. The molecule has 0 amide bonds. The molecule has 0 saturated carbocycles. The molecule has 4 heteroatoms. The summed E-state index contributed by atoms with van der Waals surface area (Å²) in [5, 5.41) is 3.50. The van der Waals surface area contributed by atoms with E-state index in [2.05, 4.69) is 76.7 Å². The van der Waals surface area contributed by atoms with Crippen LogP contribution in [0.4, 0.5) is 0 Å². The van der Waals surface area contributed by atoms with E-state index in [1.165, 1.54) is 16.9 Å². The molecule has 0 aliphatic carbocycles. The Labute approximate surface area is 123 Å². The van der Waals surface area contributed by atoms with Crippen LogP contribution in [0.2, 0.25) is 0 Å². The fourth-order valence-corrected chi connectivity index (χ4v) is 2.39. The zero-order valence-corrected chi connectivity index (χ0v) is 13.5. The average molecular weight is 322 g/mol. The summed E-state index contributed by atoms with van der Waals surface area (Å²) in [6.07, 6.45) is 3.79. The van der Waals surface area contributed by atoms with Crippen molar-refractivity contribution in [3.63, 3.8) is 0 Å². The highest BCUT2D eigenvalue weighted by Crippen LogP contribution is 2.20. The molecule has 2 aromatic rings. The van der Waals surface area contributed by atoms with Crippen LogP contribution in [0.5, 0.6) is 0 Å². The van der Waals surface area contributed by atoms with Crippen LogP contribution in [0.3, 0.4) is 0 Å². The summed E-state index contributed by atoms with van der Waals surface area (Å²) in [5.41, 5.74) is 3.67. The SMILES string of the molecule is Cc1cc(Br)ccc1-n1cncc1CNC(C)(C)C. The molecule has 0 radical (unpaired) electrons. The van der Waals surface area contributed by atoms with Gasteiger partial charge in [-0.1, -0.05) is 15.9 Å². The Morgan fingerprint density at radius 3 is 2.68 bits per heavy atom. The molecule has 1 heterocycles. The minimum atomic E-state index is 0.101. The molecule has 0 spiro atoms. The fraction of sp³-hybridized carbons (Fsp3) is 0.400. The Bertz CT molecular complexity index is 567. The van der Waals surface area contributed by atoms with E-state index in [1.54, 1.807) is 0 Å². The lowest BCUT2D eigenvalue weighted by atomic mass is 10.1. The molecular weight excluding hydrogens is 302 g/mol. The molecule has 19 heavy (non-hydrogen) atoms. The van der Waals surface area contributed by atoms with Crippen molar-refractivity contribution in [3.8, 4) is 5.69 Å². The summed E-state index contributed by atoms with van der Waals surface area (Å²) in [6, 6.07) is 6.29. The van der Waals surface area contributed by atoms with Gasteiger partial charge in [-0.2, -0.15) is 0 Å². The first-order valence-electron chi connectivity index (χ1n) is 6.39. The van der Waals surface area contributed by atoms with Crippen molar-refractivity contribution in [1.29, 1.82) is 0 Å². The molecule has 1 N–H and O–H groups in total. The second-order valence-corrected chi connectivity index (χ2v) is 6.71. The van der Waals surface area contributed by atoms with Crippen LogP contribution in [-0.2, 0) is 6.54 Å². The van der Waals surface area contributed by atoms with Gasteiger partial charge in [0.25, 0.3) is 0 Å². The molecule has 0 aliphatic rings. The molecule has 0 saturated heterocycles. The smallest absolute Gasteiger partial charge is 0.0994 e. The first kappa shape index (κ1) is 14.3. The van der Waals surface area contributed by atoms with Crippen LogP contribution in [0, 0.1) is 6.92 Å². The molecular formula is C15H20BrN3. The van der Waals surface area contributed by atoms with Crippen molar-refractivity contribution in [1.82, 2.24) is 14.9 Å². The zero-order chi connectivity index (χ0) is 14.0. The topological polar surface area (TPSA) is 29.9 Å². The fourth-order valence-electron chi connectivity index (χ4n) is 1.92. The van der Waals surface area contributed by atoms with Crippen LogP contribution in [0.1, 0.15) is 32.0 Å². The number of hydrogen-bond donors (Lipinski definition) is 1. The Morgan fingerprint density at radius 2 is 2.05 bits per heavy atom. The van der Waals surface area contributed by atoms with Gasteiger partial charge in [-0.05, 0) is 51.5 Å². The second-order valence-electron chi connectivity index (χ2n) is 5.79. The molecule has 1 aromatic carbocycles. The van der Waals surface area contributed by atoms with E-state index in [0.29, 0.717) is 0 Å². The highest BCUT2D eigenvalue weighted by Gasteiger charge is 2.12. The van der Waals surface area contributed by atoms with Gasteiger partial charge in [0.2, 0.25) is 0 Å². The van der Waals surface area contributed by atoms with E-state index >= 15 is 0 Å². The van der Waals surface area contributed by atoms with Crippen molar-refractivity contribution >= 4 is 15.9 Å². The number of aromatic nitrogens is 2. The number of aryl methyl sites for hydroxylation is 1. The molecule has 0 fully saturated rings. The Morgan fingerprint density at radius 1 is 1.32 bits per heavy atom. The van der Waals surface area contributed by atoms with Crippen molar-refractivity contribution in [2.45, 2.75) is 39.8 Å². The van der Waals surface area contributed by atoms with Crippen molar-refractivity contribution in [2.24, 2.45) is 0 Å². The minimum absolute atomic E-state index is 0.101. The molecule has 2 rings (SSSR count).